The van der Waals surface area contributed by atoms with Crippen LogP contribution in [0.5, 0.6) is 0 Å². The molecule has 0 aliphatic carbocycles. The number of hydrogen-bond donors (Lipinski definition) is 1. The lowest BCUT2D eigenvalue weighted by atomic mass is 10.5. The van der Waals surface area contributed by atoms with Gasteiger partial charge in [-0.25, -0.2) is 4.79 Å². The first-order valence-corrected chi connectivity index (χ1v) is 5.78. The van der Waals surface area contributed by atoms with Crippen molar-refractivity contribution in [3.63, 3.8) is 0 Å². The number of rotatable bonds is 7. The van der Waals surface area contributed by atoms with Crippen LogP contribution in [0.4, 0.5) is 0 Å². The molecule has 15 heavy (non-hydrogen) atoms. The van der Waals surface area contributed by atoms with E-state index in [1.54, 1.807) is 5.70 Å². The Labute approximate surface area is 91.2 Å². The van der Waals surface area contributed by atoms with Gasteiger partial charge < -0.3 is 19.3 Å². The second kappa shape index (κ2) is 6.39. The molecule has 0 unspecified atom stereocenters. The van der Waals surface area contributed by atoms with E-state index in [1.165, 1.54) is 21.3 Å². The van der Waals surface area contributed by atoms with Crippen molar-refractivity contribution < 1.29 is 24.1 Å². The number of ether oxygens (including phenoxy) is 3. The molecule has 6 heteroatoms. The summed E-state index contributed by atoms with van der Waals surface area (Å²) in [7, 11) is 3.28. The van der Waals surface area contributed by atoms with Gasteiger partial charge in [0.1, 0.15) is 15.3 Å². The lowest BCUT2D eigenvalue weighted by Gasteiger charge is -2.30. The molecule has 0 aromatic carbocycles. The van der Waals surface area contributed by atoms with Crippen LogP contribution in [-0.4, -0.2) is 47.3 Å². The molecule has 0 bridgehead atoms. The van der Waals surface area contributed by atoms with E-state index in [1.807, 2.05) is 0 Å². The molecule has 0 saturated carbocycles. The Morgan fingerprint density at radius 1 is 1.40 bits per heavy atom. The first-order valence-electron chi connectivity index (χ1n) is 4.25. The van der Waals surface area contributed by atoms with E-state index in [4.69, 9.17) is 19.3 Å². The maximum Gasteiger partial charge on any atom is 0.327 e. The van der Waals surface area contributed by atoms with Crippen molar-refractivity contribution in [2.24, 2.45) is 0 Å². The average Bonchev–Trinajstić information content (AvgIpc) is 2.23. The van der Waals surface area contributed by atoms with Crippen LogP contribution in [0.1, 0.15) is 0 Å². The maximum absolute atomic E-state index is 10.3. The summed E-state index contributed by atoms with van der Waals surface area (Å²) in [6.45, 7) is 3.67. The number of hydrogen-bond acceptors (Lipinski definition) is 4. The normalized spacial score (nSPS) is 12.5. The number of carboxylic acid groups (broad SMARTS) is 1. The van der Waals surface area contributed by atoms with Gasteiger partial charge in [-0.3, -0.25) is 0 Å². The van der Waals surface area contributed by atoms with Crippen LogP contribution in [0.2, 0.25) is 0 Å². The van der Waals surface area contributed by atoms with Crippen molar-refractivity contribution >= 4 is 15.5 Å². The van der Waals surface area contributed by atoms with Gasteiger partial charge in [-0.15, -0.1) is 0 Å². The molecule has 86 valence electrons. The SMILES string of the molecule is C=C(OC)C(OC)(OC)[SiH2]C=CC(=O)O. The third kappa shape index (κ3) is 3.86. The Morgan fingerprint density at radius 3 is 2.27 bits per heavy atom. The van der Waals surface area contributed by atoms with Crippen molar-refractivity contribution in [2.45, 2.75) is 5.41 Å². The smallest absolute Gasteiger partial charge is 0.327 e. The molecule has 0 saturated heterocycles. The van der Waals surface area contributed by atoms with Gasteiger partial charge in [-0.05, 0) is 0 Å². The number of carbonyl (C=O) groups is 1. The first kappa shape index (κ1) is 13.9. The fourth-order valence-electron chi connectivity index (χ4n) is 1.06. The summed E-state index contributed by atoms with van der Waals surface area (Å²) < 4.78 is 15.3. The summed E-state index contributed by atoms with van der Waals surface area (Å²) in [5, 5.41) is 8.45. The van der Waals surface area contributed by atoms with Crippen LogP contribution in [0.3, 0.4) is 0 Å². The second-order valence-electron chi connectivity index (χ2n) is 2.73. The zero-order valence-electron chi connectivity index (χ0n) is 9.15. The molecule has 0 aromatic rings. The summed E-state index contributed by atoms with van der Waals surface area (Å²) >= 11 is 0. The molecule has 1 N–H and O–H groups in total. The molecule has 0 radical (unpaired) electrons. The Hall–Kier alpha value is -1.11. The van der Waals surface area contributed by atoms with Crippen molar-refractivity contribution in [3.8, 4) is 0 Å². The molecule has 0 amide bonds. The molecule has 0 fully saturated rings. The standard InChI is InChI=1S/C9H16O5Si/c1-7(12-2)9(13-3,14-4)15-6-5-8(10)11/h5-6H,1,15H2,2-4H3,(H,10,11). The van der Waals surface area contributed by atoms with Crippen molar-refractivity contribution in [3.05, 3.63) is 24.1 Å². The fraction of sp³-hybridized carbons (Fsp3) is 0.444. The van der Waals surface area contributed by atoms with Crippen LogP contribution in [0.15, 0.2) is 24.1 Å². The van der Waals surface area contributed by atoms with E-state index in [2.05, 4.69) is 6.58 Å². The summed E-state index contributed by atoms with van der Waals surface area (Å²) in [6, 6.07) is 0. The first-order chi connectivity index (χ1) is 7.02. The highest BCUT2D eigenvalue weighted by Crippen LogP contribution is 2.20. The molecule has 5 nitrogen and oxygen atoms in total. The fourth-order valence-corrected chi connectivity index (χ4v) is 2.40. The van der Waals surface area contributed by atoms with Crippen LogP contribution in [0, 0.1) is 0 Å². The zero-order chi connectivity index (χ0) is 11.9. The van der Waals surface area contributed by atoms with E-state index in [-0.39, 0.29) is 0 Å². The largest absolute Gasteiger partial charge is 0.496 e. The predicted molar refractivity (Wildman–Crippen MR) is 58.2 cm³/mol. The lowest BCUT2D eigenvalue weighted by molar-refractivity contribution is -0.140. The van der Waals surface area contributed by atoms with E-state index in [0.29, 0.717) is 5.76 Å². The molecule has 0 rings (SSSR count). The number of methoxy groups -OCH3 is 3. The Bertz CT molecular complexity index is 257. The highest BCUT2D eigenvalue weighted by molar-refractivity contribution is 6.46. The monoisotopic (exact) mass is 232 g/mol. The molecule has 0 heterocycles. The minimum absolute atomic E-state index is 0.342. The van der Waals surface area contributed by atoms with E-state index >= 15 is 0 Å². The number of aliphatic carboxylic acids is 1. The highest BCUT2D eigenvalue weighted by Gasteiger charge is 2.33. The Kier molecular flexibility index (Phi) is 5.91. The predicted octanol–water partition coefficient (Wildman–Crippen LogP) is -0.140. The Morgan fingerprint density at radius 2 is 1.93 bits per heavy atom. The third-order valence-electron chi connectivity index (χ3n) is 1.98. The highest BCUT2D eigenvalue weighted by atomic mass is 28.2. The summed E-state index contributed by atoms with van der Waals surface area (Å²) in [5.41, 5.74) is 0.556. The van der Waals surface area contributed by atoms with Gasteiger partial charge in [0, 0.05) is 20.3 Å². The van der Waals surface area contributed by atoms with Crippen molar-refractivity contribution in [1.29, 1.82) is 0 Å². The van der Waals surface area contributed by atoms with Crippen molar-refractivity contribution in [1.82, 2.24) is 0 Å². The van der Waals surface area contributed by atoms with E-state index in [9.17, 15) is 4.79 Å². The maximum atomic E-state index is 10.3. The van der Waals surface area contributed by atoms with Gasteiger partial charge >= 0.3 is 5.97 Å². The van der Waals surface area contributed by atoms with Crippen molar-refractivity contribution in [2.75, 3.05) is 21.3 Å². The second-order valence-corrected chi connectivity index (χ2v) is 4.54. The third-order valence-corrected chi connectivity index (χ3v) is 3.96. The van der Waals surface area contributed by atoms with Gasteiger partial charge in [0.2, 0.25) is 5.41 Å². The molecule has 0 aliphatic heterocycles. The molecule has 0 atom stereocenters. The molecular formula is C9H16O5Si. The zero-order valence-corrected chi connectivity index (χ0v) is 10.6. The summed E-state index contributed by atoms with van der Waals surface area (Å²) in [5.74, 6) is -0.652. The topological polar surface area (TPSA) is 65.0 Å². The lowest BCUT2D eigenvalue weighted by Crippen LogP contribution is -2.42. The quantitative estimate of drug-likeness (QED) is 0.286. The Balaban J connectivity index is 4.64. The van der Waals surface area contributed by atoms with Crippen LogP contribution >= 0.6 is 0 Å². The molecular weight excluding hydrogens is 216 g/mol. The van der Waals surface area contributed by atoms with Gasteiger partial charge in [-0.2, -0.15) is 0 Å². The minimum Gasteiger partial charge on any atom is -0.496 e. The molecule has 0 aromatic heterocycles. The van der Waals surface area contributed by atoms with E-state index < -0.39 is 20.9 Å². The molecule has 0 aliphatic rings. The minimum atomic E-state index is -1.11. The van der Waals surface area contributed by atoms with Gasteiger partial charge in [0.15, 0.2) is 0 Å². The van der Waals surface area contributed by atoms with Crippen LogP contribution in [-0.2, 0) is 19.0 Å². The van der Waals surface area contributed by atoms with Crippen LogP contribution < -0.4 is 0 Å². The van der Waals surface area contributed by atoms with Gasteiger partial charge in [0.05, 0.1) is 7.11 Å². The summed E-state index contributed by atoms with van der Waals surface area (Å²) in [4.78, 5) is 10.3. The summed E-state index contributed by atoms with van der Waals surface area (Å²) in [6.07, 6.45) is 1.07. The van der Waals surface area contributed by atoms with Crippen LogP contribution in [0.25, 0.3) is 0 Å². The molecule has 0 spiro atoms. The average molecular weight is 232 g/mol. The number of carboxylic acids is 1. The van der Waals surface area contributed by atoms with Gasteiger partial charge in [0.25, 0.3) is 0 Å². The van der Waals surface area contributed by atoms with E-state index in [0.717, 1.165) is 6.08 Å². The van der Waals surface area contributed by atoms with Gasteiger partial charge in [-0.1, -0.05) is 12.3 Å².